The second-order valence-corrected chi connectivity index (χ2v) is 3.34. The van der Waals surface area contributed by atoms with Crippen molar-refractivity contribution in [3.63, 3.8) is 0 Å². The number of alkyl halides is 3. The Morgan fingerprint density at radius 3 is 2.50 bits per heavy atom. The fourth-order valence-electron chi connectivity index (χ4n) is 1.34. The number of aromatic amines is 1. The predicted octanol–water partition coefficient (Wildman–Crippen LogP) is 0.756. The highest BCUT2D eigenvalue weighted by Gasteiger charge is 2.31. The number of rotatable bonds is 2. The molecule has 0 bridgehead atoms. The average molecular weight is 238 g/mol. The Kier molecular flexibility index (Phi) is 3.11. The molecule has 5 nitrogen and oxygen atoms in total. The zero-order chi connectivity index (χ0) is 12.5. The third-order valence-corrected chi connectivity index (χ3v) is 1.92. The van der Waals surface area contributed by atoms with Crippen LogP contribution in [0, 0.1) is 0 Å². The van der Waals surface area contributed by atoms with Crippen molar-refractivity contribution >= 4 is 0 Å². The zero-order valence-corrected chi connectivity index (χ0v) is 8.21. The molecule has 1 aromatic rings. The van der Waals surface area contributed by atoms with Gasteiger partial charge in [0.1, 0.15) is 0 Å². The molecule has 1 atom stereocenters. The van der Waals surface area contributed by atoms with Gasteiger partial charge in [0.15, 0.2) is 0 Å². The van der Waals surface area contributed by atoms with E-state index in [1.807, 2.05) is 0 Å². The Balaban J connectivity index is 3.14. The summed E-state index contributed by atoms with van der Waals surface area (Å²) < 4.78 is 36.7. The standard InChI is InChI=1S/C8H9F3N2O3/c1-4(3-8(9,10)11)13-6(15)2-5(14)12-7(13)16/h2,4,15H,3H2,1H3,(H,12,14,16). The van der Waals surface area contributed by atoms with E-state index in [0.29, 0.717) is 10.6 Å². The number of nitrogens with zero attached hydrogens (tertiary/aromatic N) is 1. The SMILES string of the molecule is CC(CC(F)(F)F)n1c(O)cc(=O)[nH]c1=O. The molecule has 16 heavy (non-hydrogen) atoms. The van der Waals surface area contributed by atoms with Gasteiger partial charge in [0.25, 0.3) is 5.56 Å². The van der Waals surface area contributed by atoms with E-state index in [9.17, 15) is 27.9 Å². The summed E-state index contributed by atoms with van der Waals surface area (Å²) in [7, 11) is 0. The fourth-order valence-corrected chi connectivity index (χ4v) is 1.34. The van der Waals surface area contributed by atoms with Crippen LogP contribution in [0.1, 0.15) is 19.4 Å². The van der Waals surface area contributed by atoms with Crippen LogP contribution in [0.5, 0.6) is 5.88 Å². The number of hydrogen-bond donors (Lipinski definition) is 2. The molecule has 0 spiro atoms. The normalized spacial score (nSPS) is 13.8. The van der Waals surface area contributed by atoms with E-state index in [1.165, 1.54) is 0 Å². The predicted molar refractivity (Wildman–Crippen MR) is 48.4 cm³/mol. The van der Waals surface area contributed by atoms with Crippen molar-refractivity contribution < 1.29 is 18.3 Å². The quantitative estimate of drug-likeness (QED) is 0.798. The summed E-state index contributed by atoms with van der Waals surface area (Å²) >= 11 is 0. The summed E-state index contributed by atoms with van der Waals surface area (Å²) in [5.41, 5.74) is -1.93. The van der Waals surface area contributed by atoms with Gasteiger partial charge < -0.3 is 5.11 Å². The number of aromatic nitrogens is 2. The van der Waals surface area contributed by atoms with Crippen molar-refractivity contribution in [3.8, 4) is 5.88 Å². The third kappa shape index (κ3) is 2.88. The Bertz CT molecular complexity index is 489. The van der Waals surface area contributed by atoms with Crippen LogP contribution < -0.4 is 11.2 Å². The lowest BCUT2D eigenvalue weighted by atomic mass is 10.2. The van der Waals surface area contributed by atoms with Crippen molar-refractivity contribution in [1.29, 1.82) is 0 Å². The second-order valence-electron chi connectivity index (χ2n) is 3.34. The van der Waals surface area contributed by atoms with E-state index in [-0.39, 0.29) is 0 Å². The molecule has 1 unspecified atom stereocenters. The Morgan fingerprint density at radius 2 is 2.06 bits per heavy atom. The Hall–Kier alpha value is -1.73. The van der Waals surface area contributed by atoms with Crippen molar-refractivity contribution in [3.05, 3.63) is 26.9 Å². The van der Waals surface area contributed by atoms with Gasteiger partial charge in [0.2, 0.25) is 5.88 Å². The van der Waals surface area contributed by atoms with Gasteiger partial charge in [-0.3, -0.25) is 14.3 Å². The van der Waals surface area contributed by atoms with Gasteiger partial charge in [-0.25, -0.2) is 4.79 Å². The molecular weight excluding hydrogens is 229 g/mol. The summed E-state index contributed by atoms with van der Waals surface area (Å²) in [6, 6.07) is -0.641. The van der Waals surface area contributed by atoms with E-state index >= 15 is 0 Å². The minimum atomic E-state index is -4.46. The lowest BCUT2D eigenvalue weighted by molar-refractivity contribution is -0.142. The van der Waals surface area contributed by atoms with Crippen LogP contribution >= 0.6 is 0 Å². The molecule has 0 amide bonds. The molecule has 1 heterocycles. The minimum absolute atomic E-state index is 0.481. The largest absolute Gasteiger partial charge is 0.494 e. The van der Waals surface area contributed by atoms with Crippen LogP contribution in [-0.4, -0.2) is 20.8 Å². The van der Waals surface area contributed by atoms with Gasteiger partial charge in [-0.2, -0.15) is 13.2 Å². The summed E-state index contributed by atoms with van der Waals surface area (Å²) in [6.45, 7) is 1.12. The van der Waals surface area contributed by atoms with E-state index < -0.39 is 35.8 Å². The highest BCUT2D eigenvalue weighted by Crippen LogP contribution is 2.27. The van der Waals surface area contributed by atoms with Crippen LogP contribution in [0.25, 0.3) is 0 Å². The van der Waals surface area contributed by atoms with Gasteiger partial charge >= 0.3 is 11.9 Å². The average Bonchev–Trinajstić information content (AvgIpc) is 1.96. The summed E-state index contributed by atoms with van der Waals surface area (Å²) in [6.07, 6.45) is -5.73. The highest BCUT2D eigenvalue weighted by molar-refractivity contribution is 5.07. The molecule has 0 saturated carbocycles. The van der Waals surface area contributed by atoms with Crippen molar-refractivity contribution in [2.45, 2.75) is 25.6 Å². The zero-order valence-electron chi connectivity index (χ0n) is 8.21. The minimum Gasteiger partial charge on any atom is -0.494 e. The first-order valence-electron chi connectivity index (χ1n) is 4.32. The lowest BCUT2D eigenvalue weighted by Gasteiger charge is -2.17. The van der Waals surface area contributed by atoms with Crippen molar-refractivity contribution in [2.75, 3.05) is 0 Å². The van der Waals surface area contributed by atoms with Crippen LogP contribution in [0.3, 0.4) is 0 Å². The first kappa shape index (κ1) is 12.3. The molecule has 0 aromatic carbocycles. The monoisotopic (exact) mass is 238 g/mol. The van der Waals surface area contributed by atoms with E-state index in [1.54, 1.807) is 4.98 Å². The van der Waals surface area contributed by atoms with Gasteiger partial charge in [0, 0.05) is 6.04 Å². The maximum absolute atomic E-state index is 12.1. The molecule has 2 N–H and O–H groups in total. The maximum Gasteiger partial charge on any atom is 0.391 e. The van der Waals surface area contributed by atoms with Gasteiger partial charge in [-0.05, 0) is 6.92 Å². The molecule has 90 valence electrons. The van der Waals surface area contributed by atoms with Crippen LogP contribution in [-0.2, 0) is 0 Å². The van der Waals surface area contributed by atoms with Crippen LogP contribution in [0.4, 0.5) is 13.2 Å². The number of halogens is 3. The Morgan fingerprint density at radius 1 is 1.50 bits per heavy atom. The molecule has 0 fully saturated rings. The van der Waals surface area contributed by atoms with E-state index in [4.69, 9.17) is 0 Å². The third-order valence-electron chi connectivity index (χ3n) is 1.92. The molecule has 0 radical (unpaired) electrons. The van der Waals surface area contributed by atoms with Gasteiger partial charge in [0.05, 0.1) is 12.5 Å². The fraction of sp³-hybridized carbons (Fsp3) is 0.500. The van der Waals surface area contributed by atoms with E-state index in [0.717, 1.165) is 6.92 Å². The second kappa shape index (κ2) is 4.03. The number of aromatic hydroxyl groups is 1. The first-order chi connectivity index (χ1) is 7.20. The molecular formula is C8H9F3N2O3. The topological polar surface area (TPSA) is 75.1 Å². The highest BCUT2D eigenvalue weighted by atomic mass is 19.4. The number of hydrogen-bond acceptors (Lipinski definition) is 3. The van der Waals surface area contributed by atoms with Gasteiger partial charge in [-0.15, -0.1) is 0 Å². The summed E-state index contributed by atoms with van der Waals surface area (Å²) in [4.78, 5) is 23.7. The van der Waals surface area contributed by atoms with Crippen LogP contribution in [0.15, 0.2) is 15.7 Å². The molecule has 0 saturated heterocycles. The molecule has 1 rings (SSSR count). The first-order valence-corrected chi connectivity index (χ1v) is 4.32. The van der Waals surface area contributed by atoms with Crippen LogP contribution in [0.2, 0.25) is 0 Å². The van der Waals surface area contributed by atoms with Crippen molar-refractivity contribution in [1.82, 2.24) is 9.55 Å². The van der Waals surface area contributed by atoms with Gasteiger partial charge in [-0.1, -0.05) is 0 Å². The number of nitrogens with one attached hydrogen (secondary N) is 1. The molecule has 8 heteroatoms. The number of H-pyrrole nitrogens is 1. The molecule has 1 aromatic heterocycles. The summed E-state index contributed by atoms with van der Waals surface area (Å²) in [5.74, 6) is -0.787. The molecule has 0 aliphatic carbocycles. The Labute approximate surface area is 87.2 Å². The molecule has 0 aliphatic rings. The summed E-state index contributed by atoms with van der Waals surface area (Å²) in [5, 5.41) is 9.22. The molecule has 0 aliphatic heterocycles. The lowest BCUT2D eigenvalue weighted by Crippen LogP contribution is -2.32. The van der Waals surface area contributed by atoms with E-state index in [2.05, 4.69) is 0 Å². The van der Waals surface area contributed by atoms with Crippen molar-refractivity contribution in [2.24, 2.45) is 0 Å². The smallest absolute Gasteiger partial charge is 0.391 e. The maximum atomic E-state index is 12.1.